The topological polar surface area (TPSA) is 58.1 Å². The number of hydrogen-bond donors (Lipinski definition) is 1. The Morgan fingerprint density at radius 2 is 2.24 bits per heavy atom. The van der Waals surface area contributed by atoms with Gasteiger partial charge in [-0.2, -0.15) is 0 Å². The number of nitrogens with zero attached hydrogens (tertiary/aromatic N) is 3. The molecule has 1 amide bonds. The molecule has 7 heteroatoms. The molecule has 1 atom stereocenters. The average Bonchev–Trinajstić information content (AvgIpc) is 2.29. The summed E-state index contributed by atoms with van der Waals surface area (Å²) in [6.45, 7) is 4.37. The third-order valence-electron chi connectivity index (χ3n) is 2.44. The van der Waals surface area contributed by atoms with Gasteiger partial charge in [0.1, 0.15) is 5.69 Å². The van der Waals surface area contributed by atoms with Crippen molar-refractivity contribution in [2.45, 2.75) is 13.0 Å². The van der Waals surface area contributed by atoms with Crippen molar-refractivity contribution in [3.05, 3.63) is 24.3 Å². The minimum absolute atomic E-state index is 0. The second-order valence-corrected chi connectivity index (χ2v) is 3.70. The number of carbonyl (C=O) groups is 1. The van der Waals surface area contributed by atoms with Gasteiger partial charge in [-0.25, -0.2) is 4.98 Å². The molecule has 1 aliphatic heterocycles. The molecule has 2 heterocycles. The van der Waals surface area contributed by atoms with Gasteiger partial charge in [0.2, 0.25) is 0 Å². The van der Waals surface area contributed by atoms with Crippen LogP contribution in [-0.2, 0) is 0 Å². The van der Waals surface area contributed by atoms with E-state index in [0.717, 1.165) is 19.6 Å². The van der Waals surface area contributed by atoms with Crippen molar-refractivity contribution in [2.24, 2.45) is 0 Å². The Morgan fingerprint density at radius 3 is 2.82 bits per heavy atom. The van der Waals surface area contributed by atoms with Gasteiger partial charge in [0.05, 0.1) is 6.20 Å². The van der Waals surface area contributed by atoms with Crippen LogP contribution in [0.25, 0.3) is 0 Å². The van der Waals surface area contributed by atoms with Gasteiger partial charge in [-0.15, -0.1) is 24.8 Å². The molecule has 0 saturated carbocycles. The number of piperazine rings is 1. The summed E-state index contributed by atoms with van der Waals surface area (Å²) in [5.74, 6) is -0.0311. The second kappa shape index (κ2) is 7.42. The van der Waals surface area contributed by atoms with Crippen molar-refractivity contribution in [3.8, 4) is 0 Å². The standard InChI is InChI=1S/C10H14N4O.2ClH/c1-8-7-14(5-4-12-8)10(15)9-6-11-2-3-13-9;;/h2-3,6,8,12H,4-5,7H2,1H3;2*1H/t8-;;/m0../s1. The van der Waals surface area contributed by atoms with Crippen LogP contribution >= 0.6 is 24.8 Å². The zero-order valence-electron chi connectivity index (χ0n) is 9.50. The van der Waals surface area contributed by atoms with Crippen LogP contribution in [0.1, 0.15) is 17.4 Å². The van der Waals surface area contributed by atoms with E-state index in [1.165, 1.54) is 6.20 Å². The van der Waals surface area contributed by atoms with E-state index in [0.29, 0.717) is 11.7 Å². The molecule has 1 fully saturated rings. The number of rotatable bonds is 1. The second-order valence-electron chi connectivity index (χ2n) is 3.70. The van der Waals surface area contributed by atoms with Crippen molar-refractivity contribution in [3.63, 3.8) is 0 Å². The molecule has 1 N–H and O–H groups in total. The number of amides is 1. The Kier molecular flexibility index (Phi) is 7.03. The van der Waals surface area contributed by atoms with Gasteiger partial charge >= 0.3 is 0 Å². The molecule has 17 heavy (non-hydrogen) atoms. The van der Waals surface area contributed by atoms with Gasteiger partial charge in [0.25, 0.3) is 5.91 Å². The lowest BCUT2D eigenvalue weighted by atomic mass is 10.2. The highest BCUT2D eigenvalue weighted by Crippen LogP contribution is 2.04. The quantitative estimate of drug-likeness (QED) is 0.824. The maximum absolute atomic E-state index is 11.9. The summed E-state index contributed by atoms with van der Waals surface area (Å²) in [5.41, 5.74) is 0.423. The maximum atomic E-state index is 11.9. The number of halogens is 2. The first-order valence-corrected chi connectivity index (χ1v) is 5.06. The van der Waals surface area contributed by atoms with Gasteiger partial charge in [0, 0.05) is 38.1 Å². The molecule has 96 valence electrons. The number of nitrogens with one attached hydrogen (secondary N) is 1. The zero-order valence-corrected chi connectivity index (χ0v) is 11.1. The monoisotopic (exact) mass is 278 g/mol. The zero-order chi connectivity index (χ0) is 10.7. The first-order valence-electron chi connectivity index (χ1n) is 5.06. The van der Waals surface area contributed by atoms with Crippen molar-refractivity contribution in [2.75, 3.05) is 19.6 Å². The van der Waals surface area contributed by atoms with E-state index in [1.807, 2.05) is 4.90 Å². The molecular weight excluding hydrogens is 263 g/mol. The van der Waals surface area contributed by atoms with Gasteiger partial charge in [-0.3, -0.25) is 9.78 Å². The summed E-state index contributed by atoms with van der Waals surface area (Å²) in [4.78, 5) is 21.7. The van der Waals surface area contributed by atoms with Crippen LogP contribution in [0.3, 0.4) is 0 Å². The lowest BCUT2D eigenvalue weighted by Gasteiger charge is -2.31. The van der Waals surface area contributed by atoms with Crippen molar-refractivity contribution in [1.82, 2.24) is 20.2 Å². The third kappa shape index (κ3) is 4.11. The number of hydrogen-bond acceptors (Lipinski definition) is 4. The molecule has 1 aliphatic rings. The molecule has 0 bridgehead atoms. The molecule has 1 aromatic heterocycles. The van der Waals surface area contributed by atoms with Crippen molar-refractivity contribution < 1.29 is 4.79 Å². The molecule has 0 aromatic carbocycles. The Bertz CT molecular complexity index is 349. The molecule has 1 aromatic rings. The molecule has 0 aliphatic carbocycles. The minimum Gasteiger partial charge on any atom is -0.334 e. The predicted octanol–water partition coefficient (Wildman–Crippen LogP) is 0.754. The normalized spacial score (nSPS) is 18.9. The molecular formula is C10H16Cl2N4O. The lowest BCUT2D eigenvalue weighted by molar-refractivity contribution is 0.0702. The van der Waals surface area contributed by atoms with Gasteiger partial charge in [-0.1, -0.05) is 0 Å². The van der Waals surface area contributed by atoms with E-state index in [2.05, 4.69) is 22.2 Å². The highest BCUT2D eigenvalue weighted by molar-refractivity contribution is 5.92. The van der Waals surface area contributed by atoms with Crippen LogP contribution in [0.15, 0.2) is 18.6 Å². The summed E-state index contributed by atoms with van der Waals surface area (Å²) >= 11 is 0. The minimum atomic E-state index is -0.0311. The van der Waals surface area contributed by atoms with E-state index >= 15 is 0 Å². The molecule has 0 unspecified atom stereocenters. The summed E-state index contributed by atoms with van der Waals surface area (Å²) in [7, 11) is 0. The Labute approximate surface area is 113 Å². The molecule has 2 rings (SSSR count). The fourth-order valence-corrected chi connectivity index (χ4v) is 1.69. The van der Waals surface area contributed by atoms with Crippen molar-refractivity contribution in [1.29, 1.82) is 0 Å². The van der Waals surface area contributed by atoms with Gasteiger partial charge in [0.15, 0.2) is 0 Å². The van der Waals surface area contributed by atoms with Gasteiger partial charge in [-0.05, 0) is 6.92 Å². The van der Waals surface area contributed by atoms with Crippen LogP contribution < -0.4 is 5.32 Å². The summed E-state index contributed by atoms with van der Waals surface area (Å²) in [6, 6.07) is 0.347. The number of aromatic nitrogens is 2. The third-order valence-corrected chi connectivity index (χ3v) is 2.44. The first-order chi connectivity index (χ1) is 7.27. The van der Waals surface area contributed by atoms with Crippen LogP contribution in [0.5, 0.6) is 0 Å². The van der Waals surface area contributed by atoms with Crippen LogP contribution in [0.4, 0.5) is 0 Å². The van der Waals surface area contributed by atoms with E-state index < -0.39 is 0 Å². The molecule has 1 saturated heterocycles. The first kappa shape index (κ1) is 16.1. The highest BCUT2D eigenvalue weighted by Gasteiger charge is 2.22. The molecule has 5 nitrogen and oxygen atoms in total. The van der Waals surface area contributed by atoms with E-state index in [4.69, 9.17) is 0 Å². The molecule has 0 radical (unpaired) electrons. The fraction of sp³-hybridized carbons (Fsp3) is 0.500. The lowest BCUT2D eigenvalue weighted by Crippen LogP contribution is -2.51. The van der Waals surface area contributed by atoms with E-state index in [9.17, 15) is 4.79 Å². The maximum Gasteiger partial charge on any atom is 0.274 e. The van der Waals surface area contributed by atoms with Gasteiger partial charge < -0.3 is 10.2 Å². The summed E-state index contributed by atoms with van der Waals surface area (Å²) < 4.78 is 0. The summed E-state index contributed by atoms with van der Waals surface area (Å²) in [5, 5.41) is 3.29. The Hall–Kier alpha value is -0.910. The van der Waals surface area contributed by atoms with E-state index in [-0.39, 0.29) is 30.7 Å². The highest BCUT2D eigenvalue weighted by atomic mass is 35.5. The average molecular weight is 279 g/mol. The predicted molar refractivity (Wildman–Crippen MR) is 69.9 cm³/mol. The Morgan fingerprint density at radius 1 is 1.47 bits per heavy atom. The smallest absolute Gasteiger partial charge is 0.274 e. The van der Waals surface area contributed by atoms with Crippen LogP contribution in [0.2, 0.25) is 0 Å². The SMILES string of the molecule is C[C@H]1CN(C(=O)c2cnccn2)CCN1.Cl.Cl. The van der Waals surface area contributed by atoms with Crippen molar-refractivity contribution >= 4 is 30.7 Å². The van der Waals surface area contributed by atoms with E-state index in [1.54, 1.807) is 12.4 Å². The number of carbonyl (C=O) groups excluding carboxylic acids is 1. The summed E-state index contributed by atoms with van der Waals surface area (Å²) in [6.07, 6.45) is 4.62. The Balaban J connectivity index is 0.00000128. The fourth-order valence-electron chi connectivity index (χ4n) is 1.69. The molecule has 0 spiro atoms. The largest absolute Gasteiger partial charge is 0.334 e. The van der Waals surface area contributed by atoms with Crippen LogP contribution in [-0.4, -0.2) is 46.5 Å². The van der Waals surface area contributed by atoms with Crippen LogP contribution in [0, 0.1) is 0 Å².